The molecule has 0 aliphatic rings. The maximum absolute atomic E-state index is 11.8. The van der Waals surface area contributed by atoms with Crippen LogP contribution in [0.1, 0.15) is 30.4 Å². The third kappa shape index (κ3) is 5.81. The van der Waals surface area contributed by atoms with Gasteiger partial charge in [-0.05, 0) is 35.6 Å². The summed E-state index contributed by atoms with van der Waals surface area (Å²) in [6, 6.07) is 17.5. The molecule has 24 heavy (non-hydrogen) atoms. The Morgan fingerprint density at radius 1 is 1.04 bits per heavy atom. The van der Waals surface area contributed by atoms with E-state index in [1.807, 2.05) is 42.5 Å². The molecule has 4 nitrogen and oxygen atoms in total. The Morgan fingerprint density at radius 2 is 1.71 bits per heavy atom. The van der Waals surface area contributed by atoms with Gasteiger partial charge in [0, 0.05) is 35.0 Å². The zero-order valence-corrected chi connectivity index (χ0v) is 14.9. The summed E-state index contributed by atoms with van der Waals surface area (Å²) in [5.74, 6) is 0.411. The van der Waals surface area contributed by atoms with Crippen LogP contribution in [0.5, 0.6) is 0 Å². The van der Waals surface area contributed by atoms with Gasteiger partial charge in [-0.1, -0.05) is 49.4 Å². The molecule has 0 unspecified atom stereocenters. The molecule has 0 saturated heterocycles. The van der Waals surface area contributed by atoms with Crippen LogP contribution in [0.3, 0.4) is 0 Å². The Labute approximate surface area is 146 Å². The molecule has 0 aliphatic heterocycles. The van der Waals surface area contributed by atoms with E-state index in [9.17, 15) is 9.00 Å². The molecular formula is C19H24N2O2S. The Bertz CT molecular complexity index is 672. The van der Waals surface area contributed by atoms with Crippen LogP contribution in [-0.2, 0) is 17.3 Å². The van der Waals surface area contributed by atoms with Crippen molar-refractivity contribution in [2.75, 3.05) is 12.8 Å². The molecule has 0 saturated carbocycles. The van der Waals surface area contributed by atoms with Gasteiger partial charge in [-0.2, -0.15) is 0 Å². The summed E-state index contributed by atoms with van der Waals surface area (Å²) in [5, 5.41) is 5.72. The number of amides is 2. The quantitative estimate of drug-likeness (QED) is 0.808. The van der Waals surface area contributed by atoms with E-state index in [1.54, 1.807) is 6.26 Å². The molecule has 2 aromatic rings. The first-order valence-electron chi connectivity index (χ1n) is 8.05. The van der Waals surface area contributed by atoms with Crippen molar-refractivity contribution in [3.8, 4) is 0 Å². The van der Waals surface area contributed by atoms with Crippen LogP contribution < -0.4 is 10.6 Å². The summed E-state index contributed by atoms with van der Waals surface area (Å²) in [5.41, 5.74) is 2.27. The van der Waals surface area contributed by atoms with Gasteiger partial charge < -0.3 is 10.6 Å². The van der Waals surface area contributed by atoms with Gasteiger partial charge in [0.1, 0.15) is 0 Å². The van der Waals surface area contributed by atoms with Crippen LogP contribution in [0.15, 0.2) is 59.5 Å². The summed E-state index contributed by atoms with van der Waals surface area (Å²) in [7, 11) is -0.974. The van der Waals surface area contributed by atoms with Gasteiger partial charge >= 0.3 is 6.03 Å². The van der Waals surface area contributed by atoms with Gasteiger partial charge in [0.25, 0.3) is 0 Å². The Kier molecular flexibility index (Phi) is 7.00. The first-order chi connectivity index (χ1) is 11.6. The molecule has 0 aliphatic carbocycles. The molecule has 5 heteroatoms. The van der Waals surface area contributed by atoms with Crippen LogP contribution in [0.4, 0.5) is 4.79 Å². The summed E-state index contributed by atoms with van der Waals surface area (Å²) in [6.45, 7) is 3.25. The number of nitrogens with one attached hydrogen (secondary N) is 2. The lowest BCUT2D eigenvalue weighted by Crippen LogP contribution is -2.35. The Hall–Kier alpha value is -2.14. The van der Waals surface area contributed by atoms with E-state index in [-0.39, 0.29) is 6.03 Å². The van der Waals surface area contributed by atoms with Crippen molar-refractivity contribution in [3.05, 3.63) is 65.7 Å². The number of hydrogen-bond acceptors (Lipinski definition) is 2. The molecule has 0 fully saturated rings. The molecule has 0 bridgehead atoms. The van der Waals surface area contributed by atoms with Gasteiger partial charge in [0.15, 0.2) is 0 Å². The highest BCUT2D eigenvalue weighted by Crippen LogP contribution is 2.17. The average molecular weight is 344 g/mol. The minimum Gasteiger partial charge on any atom is -0.338 e. The van der Waals surface area contributed by atoms with Crippen molar-refractivity contribution < 1.29 is 9.00 Å². The third-order valence-corrected chi connectivity index (χ3v) is 4.88. The van der Waals surface area contributed by atoms with Crippen molar-refractivity contribution in [2.24, 2.45) is 0 Å². The van der Waals surface area contributed by atoms with Crippen LogP contribution in [-0.4, -0.2) is 23.0 Å². The second-order valence-corrected chi connectivity index (χ2v) is 7.19. The van der Waals surface area contributed by atoms with Crippen LogP contribution in [0.2, 0.25) is 0 Å². The van der Waals surface area contributed by atoms with Crippen molar-refractivity contribution in [2.45, 2.75) is 30.7 Å². The molecule has 2 amide bonds. The number of hydrogen-bond donors (Lipinski definition) is 2. The highest BCUT2D eigenvalue weighted by Gasteiger charge is 2.06. The molecular weight excluding hydrogens is 320 g/mol. The van der Waals surface area contributed by atoms with Gasteiger partial charge in [0.2, 0.25) is 0 Å². The lowest BCUT2D eigenvalue weighted by molar-refractivity contribution is 0.240. The lowest BCUT2D eigenvalue weighted by atomic mass is 9.98. The van der Waals surface area contributed by atoms with Crippen LogP contribution >= 0.6 is 0 Å². The van der Waals surface area contributed by atoms with E-state index < -0.39 is 10.8 Å². The van der Waals surface area contributed by atoms with E-state index in [0.717, 1.165) is 16.9 Å². The minimum absolute atomic E-state index is 0.168. The maximum atomic E-state index is 11.8. The smallest absolute Gasteiger partial charge is 0.315 e. The average Bonchev–Trinajstić information content (AvgIpc) is 2.61. The zero-order chi connectivity index (χ0) is 17.4. The minimum atomic E-state index is -0.974. The number of benzene rings is 2. The predicted molar refractivity (Wildman–Crippen MR) is 98.5 cm³/mol. The van der Waals surface area contributed by atoms with E-state index >= 15 is 0 Å². The maximum Gasteiger partial charge on any atom is 0.315 e. The largest absolute Gasteiger partial charge is 0.338 e. The fraction of sp³-hybridized carbons (Fsp3) is 0.316. The second-order valence-electron chi connectivity index (χ2n) is 5.81. The highest BCUT2D eigenvalue weighted by atomic mass is 32.2. The highest BCUT2D eigenvalue weighted by molar-refractivity contribution is 7.84. The second kappa shape index (κ2) is 9.23. The molecule has 0 radical (unpaired) electrons. The van der Waals surface area contributed by atoms with Gasteiger partial charge in [-0.15, -0.1) is 0 Å². The van der Waals surface area contributed by atoms with E-state index in [2.05, 4.69) is 29.7 Å². The standard InChI is InChI=1S/C19H24N2O2S/c1-15(17-6-4-3-5-7-17)12-13-20-19(22)21-14-16-8-10-18(11-9-16)24(2)23/h3-11,15H,12-14H2,1-2H3,(H2,20,21,22)/t15-,24-/m1/s1. The molecule has 0 heterocycles. The normalized spacial score (nSPS) is 13.1. The summed E-state index contributed by atoms with van der Waals surface area (Å²) >= 11 is 0. The summed E-state index contributed by atoms with van der Waals surface area (Å²) in [4.78, 5) is 12.6. The first-order valence-corrected chi connectivity index (χ1v) is 9.61. The fourth-order valence-electron chi connectivity index (χ4n) is 2.39. The van der Waals surface area contributed by atoms with Crippen molar-refractivity contribution in [3.63, 3.8) is 0 Å². The molecule has 2 aromatic carbocycles. The molecule has 2 N–H and O–H groups in total. The zero-order valence-electron chi connectivity index (χ0n) is 14.1. The topological polar surface area (TPSA) is 58.2 Å². The van der Waals surface area contributed by atoms with Crippen molar-refractivity contribution in [1.29, 1.82) is 0 Å². The number of carbonyl (C=O) groups excluding carboxylic acids is 1. The molecule has 0 aromatic heterocycles. The lowest BCUT2D eigenvalue weighted by Gasteiger charge is -2.13. The fourth-order valence-corrected chi connectivity index (χ4v) is 2.91. The van der Waals surface area contributed by atoms with Crippen molar-refractivity contribution in [1.82, 2.24) is 10.6 Å². The summed E-state index contributed by atoms with van der Waals surface area (Å²) in [6.07, 6.45) is 2.55. The molecule has 2 rings (SSSR count). The van der Waals surface area contributed by atoms with Crippen LogP contribution in [0.25, 0.3) is 0 Å². The van der Waals surface area contributed by atoms with E-state index in [4.69, 9.17) is 0 Å². The van der Waals surface area contributed by atoms with Gasteiger partial charge in [0.05, 0.1) is 0 Å². The number of urea groups is 1. The Balaban J connectivity index is 1.69. The monoisotopic (exact) mass is 344 g/mol. The van der Waals surface area contributed by atoms with E-state index in [1.165, 1.54) is 5.56 Å². The predicted octanol–water partition coefficient (Wildman–Crippen LogP) is 3.42. The number of carbonyl (C=O) groups is 1. The van der Waals surface area contributed by atoms with Crippen LogP contribution in [0, 0.1) is 0 Å². The molecule has 0 spiro atoms. The molecule has 128 valence electrons. The summed E-state index contributed by atoms with van der Waals surface area (Å²) < 4.78 is 11.3. The van der Waals surface area contributed by atoms with Crippen molar-refractivity contribution >= 4 is 16.8 Å². The number of rotatable bonds is 7. The van der Waals surface area contributed by atoms with Gasteiger partial charge in [-0.3, -0.25) is 4.21 Å². The van der Waals surface area contributed by atoms with E-state index in [0.29, 0.717) is 19.0 Å². The Morgan fingerprint density at radius 3 is 2.33 bits per heavy atom. The van der Waals surface area contributed by atoms with Gasteiger partial charge in [-0.25, -0.2) is 4.79 Å². The third-order valence-electron chi connectivity index (χ3n) is 3.94. The SMILES string of the molecule is C[C@H](CCNC(=O)NCc1ccc([S@@](C)=O)cc1)c1ccccc1. The first kappa shape index (κ1) is 18.2. The molecule has 2 atom stereocenters.